The molecule has 2 unspecified atom stereocenters. The Hall–Kier alpha value is -3.59. The highest BCUT2D eigenvalue weighted by molar-refractivity contribution is 5.77. The lowest BCUT2D eigenvalue weighted by Crippen LogP contribution is -2.47. The normalized spacial score (nSPS) is 17.1. The zero-order chi connectivity index (χ0) is 27.6. The maximum absolute atomic E-state index is 11.3. The van der Waals surface area contributed by atoms with Crippen molar-refractivity contribution in [1.82, 2.24) is 10.2 Å². The maximum atomic E-state index is 11.3. The lowest BCUT2D eigenvalue weighted by atomic mass is 10.1. The van der Waals surface area contributed by atoms with E-state index in [1.54, 1.807) is 6.92 Å². The lowest BCUT2D eigenvalue weighted by molar-refractivity contribution is -0.149. The maximum Gasteiger partial charge on any atom is 0.333 e. The van der Waals surface area contributed by atoms with Gasteiger partial charge in [-0.3, -0.25) is 0 Å². The van der Waals surface area contributed by atoms with Crippen molar-refractivity contribution >= 4 is 17.3 Å². The third-order valence-corrected chi connectivity index (χ3v) is 6.94. The fourth-order valence-electron chi connectivity index (χ4n) is 4.57. The second-order valence-electron chi connectivity index (χ2n) is 9.70. The van der Waals surface area contributed by atoms with E-state index < -0.39 is 12.1 Å². The van der Waals surface area contributed by atoms with Gasteiger partial charge >= 0.3 is 5.97 Å². The number of ether oxygens (including phenoxy) is 3. The molecule has 0 saturated carbocycles. The van der Waals surface area contributed by atoms with Crippen molar-refractivity contribution in [2.45, 2.75) is 32.4 Å². The van der Waals surface area contributed by atoms with Gasteiger partial charge in [-0.15, -0.1) is 0 Å². The quantitative estimate of drug-likeness (QED) is 0.400. The number of hydrogen-bond donors (Lipinski definition) is 2. The summed E-state index contributed by atoms with van der Waals surface area (Å²) >= 11 is 0. The summed E-state index contributed by atoms with van der Waals surface area (Å²) in [5, 5.41) is 12.6. The average Bonchev–Trinajstić information content (AvgIpc) is 2.95. The van der Waals surface area contributed by atoms with E-state index in [0.717, 1.165) is 53.3 Å². The highest BCUT2D eigenvalue weighted by Gasteiger charge is 2.23. The minimum Gasteiger partial charge on any atom is -0.492 e. The standard InChI is InChI=1S/C25H25NO5.C6H14N2/c1-2-29-24(25(27)28)17-18-11-13-19(14-12-18)30-16-15-26-20-7-3-5-9-22(20)31-23-10-6-4-8-21(23)26;1-6-5-7-3-4-8(6)2/h3-14,24H,2,15-17H2,1H3,(H,27,28);6-7H,3-5H2,1-2H3. The molecular formula is C31H39N3O5. The fraction of sp³-hybridized carbons (Fsp3) is 0.387. The Morgan fingerprint density at radius 3 is 2.23 bits per heavy atom. The smallest absolute Gasteiger partial charge is 0.333 e. The summed E-state index contributed by atoms with van der Waals surface area (Å²) in [7, 11) is 2.17. The van der Waals surface area contributed by atoms with Crippen LogP contribution in [0.4, 0.5) is 11.4 Å². The number of carboxylic acids is 1. The van der Waals surface area contributed by atoms with Gasteiger partial charge in [-0.25, -0.2) is 4.79 Å². The minimum absolute atomic E-state index is 0.324. The number of para-hydroxylation sites is 4. The van der Waals surface area contributed by atoms with Crippen LogP contribution in [-0.2, 0) is 16.0 Å². The Morgan fingerprint density at radius 1 is 1.05 bits per heavy atom. The van der Waals surface area contributed by atoms with Gasteiger partial charge in [0, 0.05) is 38.7 Å². The summed E-state index contributed by atoms with van der Waals surface area (Å²) in [5.41, 5.74) is 2.91. The zero-order valence-corrected chi connectivity index (χ0v) is 23.0. The molecule has 0 aliphatic carbocycles. The molecule has 8 nitrogen and oxygen atoms in total. The van der Waals surface area contributed by atoms with E-state index in [0.29, 0.717) is 26.2 Å². The number of likely N-dealkylation sites (N-methyl/N-ethyl adjacent to an activating group) is 1. The number of nitrogens with one attached hydrogen (secondary N) is 1. The molecule has 2 atom stereocenters. The number of hydrogen-bond acceptors (Lipinski definition) is 7. The number of rotatable bonds is 9. The molecule has 5 rings (SSSR count). The number of aliphatic carboxylic acids is 1. The first-order valence-electron chi connectivity index (χ1n) is 13.6. The zero-order valence-electron chi connectivity index (χ0n) is 23.0. The van der Waals surface area contributed by atoms with E-state index in [4.69, 9.17) is 14.2 Å². The molecule has 3 aromatic rings. The van der Waals surface area contributed by atoms with Gasteiger partial charge in [-0.1, -0.05) is 36.4 Å². The molecule has 0 radical (unpaired) electrons. The molecule has 3 aromatic carbocycles. The van der Waals surface area contributed by atoms with Gasteiger partial charge in [0.2, 0.25) is 0 Å². The predicted molar refractivity (Wildman–Crippen MR) is 154 cm³/mol. The van der Waals surface area contributed by atoms with E-state index in [9.17, 15) is 9.90 Å². The molecule has 8 heteroatoms. The van der Waals surface area contributed by atoms with Crippen LogP contribution in [0.2, 0.25) is 0 Å². The third kappa shape index (κ3) is 7.72. The van der Waals surface area contributed by atoms with Crippen molar-refractivity contribution in [3.8, 4) is 17.2 Å². The topological polar surface area (TPSA) is 83.5 Å². The van der Waals surface area contributed by atoms with Crippen molar-refractivity contribution in [3.63, 3.8) is 0 Å². The minimum atomic E-state index is -0.951. The number of piperazine rings is 1. The van der Waals surface area contributed by atoms with E-state index in [1.807, 2.05) is 72.8 Å². The van der Waals surface area contributed by atoms with Crippen LogP contribution in [0.1, 0.15) is 19.4 Å². The number of carboxylic acid groups (broad SMARTS) is 1. The van der Waals surface area contributed by atoms with Crippen molar-refractivity contribution in [3.05, 3.63) is 78.4 Å². The Morgan fingerprint density at radius 2 is 1.69 bits per heavy atom. The van der Waals surface area contributed by atoms with Crippen molar-refractivity contribution in [1.29, 1.82) is 0 Å². The summed E-state index contributed by atoms with van der Waals surface area (Å²) in [5.74, 6) is 1.44. The molecule has 0 aromatic heterocycles. The van der Waals surface area contributed by atoms with Crippen molar-refractivity contribution in [2.75, 3.05) is 51.3 Å². The highest BCUT2D eigenvalue weighted by atomic mass is 16.5. The summed E-state index contributed by atoms with van der Waals surface area (Å²) in [6.07, 6.45) is -0.511. The molecule has 208 valence electrons. The van der Waals surface area contributed by atoms with Crippen LogP contribution >= 0.6 is 0 Å². The molecule has 0 spiro atoms. The van der Waals surface area contributed by atoms with E-state index in [1.165, 1.54) is 6.54 Å². The van der Waals surface area contributed by atoms with Gasteiger partial charge in [0.05, 0.1) is 17.9 Å². The van der Waals surface area contributed by atoms with Crippen LogP contribution in [0.15, 0.2) is 72.8 Å². The highest BCUT2D eigenvalue weighted by Crippen LogP contribution is 2.45. The molecule has 2 heterocycles. The number of carbonyl (C=O) groups is 1. The largest absolute Gasteiger partial charge is 0.492 e. The van der Waals surface area contributed by atoms with E-state index in [-0.39, 0.29) is 0 Å². The number of fused-ring (bicyclic) bond motifs is 2. The second kappa shape index (κ2) is 14.0. The van der Waals surface area contributed by atoms with Crippen molar-refractivity contribution < 1.29 is 24.1 Å². The van der Waals surface area contributed by atoms with Crippen LogP contribution in [-0.4, -0.2) is 74.6 Å². The van der Waals surface area contributed by atoms with Gasteiger partial charge in [0.15, 0.2) is 17.6 Å². The average molecular weight is 534 g/mol. The molecule has 0 bridgehead atoms. The summed E-state index contributed by atoms with van der Waals surface area (Å²) in [6, 6.07) is 24.1. The fourth-order valence-corrected chi connectivity index (χ4v) is 4.57. The van der Waals surface area contributed by atoms with Crippen molar-refractivity contribution in [2.24, 2.45) is 0 Å². The molecule has 2 aliphatic rings. The SMILES string of the molecule is CC1CNCCN1C.CCOC(Cc1ccc(OCCN2c3ccccc3Oc3ccccc32)cc1)C(=O)O. The predicted octanol–water partition coefficient (Wildman–Crippen LogP) is 4.95. The molecule has 2 aliphatic heterocycles. The van der Waals surface area contributed by atoms with Gasteiger partial charge in [-0.05, 0) is 62.9 Å². The Balaban J connectivity index is 0.000000379. The summed E-state index contributed by atoms with van der Waals surface area (Å²) in [4.78, 5) is 15.8. The van der Waals surface area contributed by atoms with Crippen LogP contribution in [0.5, 0.6) is 17.2 Å². The molecule has 39 heavy (non-hydrogen) atoms. The van der Waals surface area contributed by atoms with Crippen LogP contribution in [0.3, 0.4) is 0 Å². The van der Waals surface area contributed by atoms with E-state index >= 15 is 0 Å². The van der Waals surface area contributed by atoms with Gasteiger partial charge in [-0.2, -0.15) is 0 Å². The molecule has 2 N–H and O–H groups in total. The van der Waals surface area contributed by atoms with Gasteiger partial charge in [0.25, 0.3) is 0 Å². The van der Waals surface area contributed by atoms with Crippen LogP contribution in [0.25, 0.3) is 0 Å². The molecule has 1 saturated heterocycles. The first-order valence-corrected chi connectivity index (χ1v) is 13.6. The Bertz CT molecular complexity index is 1150. The van der Waals surface area contributed by atoms with Crippen LogP contribution in [0, 0.1) is 0 Å². The number of nitrogens with zero attached hydrogens (tertiary/aromatic N) is 2. The van der Waals surface area contributed by atoms with E-state index in [2.05, 4.69) is 29.1 Å². The number of benzene rings is 3. The summed E-state index contributed by atoms with van der Waals surface area (Å²) < 4.78 is 17.3. The molecule has 0 amide bonds. The first kappa shape index (κ1) is 28.4. The van der Waals surface area contributed by atoms with Gasteiger partial charge < -0.3 is 34.4 Å². The second-order valence-corrected chi connectivity index (χ2v) is 9.70. The Labute approximate surface area is 231 Å². The first-order chi connectivity index (χ1) is 19.0. The Kier molecular flexibility index (Phi) is 10.2. The summed E-state index contributed by atoms with van der Waals surface area (Å²) in [6.45, 7) is 9.04. The lowest BCUT2D eigenvalue weighted by Gasteiger charge is -2.32. The van der Waals surface area contributed by atoms with Gasteiger partial charge in [0.1, 0.15) is 12.4 Å². The molecule has 1 fully saturated rings. The molecular weight excluding hydrogens is 494 g/mol. The number of anilines is 2. The van der Waals surface area contributed by atoms with Crippen LogP contribution < -0.4 is 19.7 Å². The third-order valence-electron chi connectivity index (χ3n) is 6.94. The monoisotopic (exact) mass is 533 g/mol.